The van der Waals surface area contributed by atoms with Gasteiger partial charge in [-0.1, -0.05) is 63.9 Å². The minimum Gasteiger partial charge on any atom is -0.134 e. The highest BCUT2D eigenvalue weighted by atomic mass is 79.9. The zero-order valence-electron chi connectivity index (χ0n) is 10.9. The number of benzene rings is 3. The molecule has 0 fully saturated rings. The van der Waals surface area contributed by atoms with Gasteiger partial charge in [0.2, 0.25) is 0 Å². The summed E-state index contributed by atoms with van der Waals surface area (Å²) in [6.07, 6.45) is 0. The Morgan fingerprint density at radius 1 is 0.857 bits per heavy atom. The van der Waals surface area contributed by atoms with Gasteiger partial charge in [0.25, 0.3) is 0 Å². The lowest BCUT2D eigenvalue weighted by Gasteiger charge is -2.05. The van der Waals surface area contributed by atoms with E-state index >= 15 is 0 Å². The molecule has 0 radical (unpaired) electrons. The van der Waals surface area contributed by atoms with Gasteiger partial charge >= 0.3 is 0 Å². The fourth-order valence-electron chi connectivity index (χ4n) is 2.64. The maximum atomic E-state index is 6.00. The van der Waals surface area contributed by atoms with Crippen LogP contribution in [0.4, 0.5) is 0 Å². The molecular formula is C18H10BrClS. The van der Waals surface area contributed by atoms with Crippen LogP contribution in [0.1, 0.15) is 0 Å². The van der Waals surface area contributed by atoms with Gasteiger partial charge in [0.15, 0.2) is 0 Å². The zero-order chi connectivity index (χ0) is 14.4. The molecule has 3 aromatic carbocycles. The van der Waals surface area contributed by atoms with Crippen molar-refractivity contribution in [2.75, 3.05) is 0 Å². The molecule has 4 rings (SSSR count). The molecule has 0 aliphatic carbocycles. The summed E-state index contributed by atoms with van der Waals surface area (Å²) in [5.74, 6) is 0. The average Bonchev–Trinajstić information content (AvgIpc) is 2.89. The van der Waals surface area contributed by atoms with Crippen LogP contribution in [0.15, 0.2) is 65.1 Å². The summed E-state index contributed by atoms with van der Waals surface area (Å²) in [4.78, 5) is 0. The van der Waals surface area contributed by atoms with E-state index in [2.05, 4.69) is 64.5 Å². The van der Waals surface area contributed by atoms with Crippen molar-refractivity contribution >= 4 is 59.0 Å². The van der Waals surface area contributed by atoms with Gasteiger partial charge < -0.3 is 0 Å². The Hall–Kier alpha value is -1.35. The molecule has 0 nitrogen and oxygen atoms in total. The lowest BCUT2D eigenvalue weighted by Crippen LogP contribution is -1.79. The van der Waals surface area contributed by atoms with E-state index in [1.807, 2.05) is 23.5 Å². The second kappa shape index (κ2) is 5.13. The number of rotatable bonds is 1. The van der Waals surface area contributed by atoms with Crippen LogP contribution in [0.2, 0.25) is 5.02 Å². The van der Waals surface area contributed by atoms with E-state index in [1.165, 1.54) is 31.3 Å². The number of hydrogen-bond donors (Lipinski definition) is 0. The van der Waals surface area contributed by atoms with Crippen LogP contribution in [0, 0.1) is 0 Å². The quantitative estimate of drug-likeness (QED) is 0.332. The van der Waals surface area contributed by atoms with Gasteiger partial charge in [0.05, 0.1) is 0 Å². The molecule has 102 valence electrons. The molecule has 0 N–H and O–H groups in total. The average molecular weight is 374 g/mol. The summed E-state index contributed by atoms with van der Waals surface area (Å²) in [5, 5.41) is 3.37. The van der Waals surface area contributed by atoms with Crippen molar-refractivity contribution in [1.82, 2.24) is 0 Å². The molecule has 0 unspecified atom stereocenters. The summed E-state index contributed by atoms with van der Waals surface area (Å²) in [6, 6.07) is 20.9. The van der Waals surface area contributed by atoms with Crippen LogP contribution in [-0.4, -0.2) is 0 Å². The largest absolute Gasteiger partial charge is 0.134 e. The van der Waals surface area contributed by atoms with E-state index in [-0.39, 0.29) is 0 Å². The molecule has 21 heavy (non-hydrogen) atoms. The first-order valence-corrected chi connectivity index (χ1v) is 8.58. The normalized spacial score (nSPS) is 11.3. The molecule has 3 heteroatoms. The third-order valence-electron chi connectivity index (χ3n) is 3.63. The van der Waals surface area contributed by atoms with Crippen molar-refractivity contribution in [2.24, 2.45) is 0 Å². The van der Waals surface area contributed by atoms with Crippen molar-refractivity contribution in [1.29, 1.82) is 0 Å². The molecule has 0 saturated heterocycles. The Morgan fingerprint density at radius 3 is 2.43 bits per heavy atom. The van der Waals surface area contributed by atoms with Gasteiger partial charge in [-0.15, -0.1) is 11.3 Å². The van der Waals surface area contributed by atoms with E-state index in [1.54, 1.807) is 0 Å². The molecule has 4 aromatic rings. The van der Waals surface area contributed by atoms with Gasteiger partial charge in [-0.2, -0.15) is 0 Å². The first kappa shape index (κ1) is 13.3. The van der Waals surface area contributed by atoms with Gasteiger partial charge in [0.1, 0.15) is 0 Å². The van der Waals surface area contributed by atoms with Crippen molar-refractivity contribution in [3.8, 4) is 11.1 Å². The van der Waals surface area contributed by atoms with E-state index in [4.69, 9.17) is 11.6 Å². The Balaban J connectivity index is 2.11. The SMILES string of the molecule is Clc1ccc(-c2ccc(Br)c3c2sc2ccccc23)cc1. The predicted octanol–water partition coefficient (Wildman–Crippen LogP) is 7.14. The summed E-state index contributed by atoms with van der Waals surface area (Å²) in [7, 11) is 0. The van der Waals surface area contributed by atoms with Crippen LogP contribution in [-0.2, 0) is 0 Å². The first-order chi connectivity index (χ1) is 10.2. The number of thiophene rings is 1. The van der Waals surface area contributed by atoms with Crippen molar-refractivity contribution in [3.05, 3.63) is 70.2 Å². The van der Waals surface area contributed by atoms with Crippen molar-refractivity contribution < 1.29 is 0 Å². The Bertz CT molecular complexity index is 954. The third-order valence-corrected chi connectivity index (χ3v) is 5.75. The third kappa shape index (κ3) is 2.18. The Kier molecular flexibility index (Phi) is 3.26. The molecule has 0 spiro atoms. The fraction of sp³-hybridized carbons (Fsp3) is 0. The monoisotopic (exact) mass is 372 g/mol. The molecule has 0 amide bonds. The summed E-state index contributed by atoms with van der Waals surface area (Å²) in [6.45, 7) is 0. The highest BCUT2D eigenvalue weighted by Gasteiger charge is 2.12. The molecule has 1 heterocycles. The van der Waals surface area contributed by atoms with Crippen LogP contribution in [0.25, 0.3) is 31.3 Å². The molecular weight excluding hydrogens is 364 g/mol. The van der Waals surface area contributed by atoms with Gasteiger partial charge in [0, 0.05) is 29.7 Å². The second-order valence-corrected chi connectivity index (χ2v) is 7.25. The number of hydrogen-bond acceptors (Lipinski definition) is 1. The van der Waals surface area contributed by atoms with E-state index in [0.717, 1.165) is 9.50 Å². The van der Waals surface area contributed by atoms with Crippen LogP contribution < -0.4 is 0 Å². The Labute approximate surface area is 140 Å². The molecule has 0 bridgehead atoms. The summed E-state index contributed by atoms with van der Waals surface area (Å²) < 4.78 is 3.77. The maximum Gasteiger partial charge on any atom is 0.0445 e. The van der Waals surface area contributed by atoms with Gasteiger partial charge in [-0.25, -0.2) is 0 Å². The van der Waals surface area contributed by atoms with Gasteiger partial charge in [-0.3, -0.25) is 0 Å². The molecule has 0 aliphatic rings. The highest BCUT2D eigenvalue weighted by Crippen LogP contribution is 2.43. The smallest absolute Gasteiger partial charge is 0.0445 e. The topological polar surface area (TPSA) is 0 Å². The van der Waals surface area contributed by atoms with Crippen molar-refractivity contribution in [2.45, 2.75) is 0 Å². The molecule has 1 aromatic heterocycles. The zero-order valence-corrected chi connectivity index (χ0v) is 14.1. The lowest BCUT2D eigenvalue weighted by molar-refractivity contribution is 1.66. The standard InChI is InChI=1S/C18H10BrClS/c19-15-10-9-13(11-5-7-12(20)8-6-11)18-17(15)14-3-1-2-4-16(14)21-18/h1-10H. The number of halogens is 2. The minimum absolute atomic E-state index is 0.767. The minimum atomic E-state index is 0.767. The predicted molar refractivity (Wildman–Crippen MR) is 97.5 cm³/mol. The van der Waals surface area contributed by atoms with Gasteiger partial charge in [-0.05, 0) is 35.4 Å². The van der Waals surface area contributed by atoms with Crippen LogP contribution in [0.5, 0.6) is 0 Å². The molecule has 0 aliphatic heterocycles. The fourth-order valence-corrected chi connectivity index (χ4v) is 4.71. The maximum absolute atomic E-state index is 6.00. The summed E-state index contributed by atoms with van der Waals surface area (Å²) >= 11 is 11.5. The van der Waals surface area contributed by atoms with Crippen molar-refractivity contribution in [3.63, 3.8) is 0 Å². The van der Waals surface area contributed by atoms with E-state index < -0.39 is 0 Å². The van der Waals surface area contributed by atoms with E-state index in [9.17, 15) is 0 Å². The van der Waals surface area contributed by atoms with Crippen LogP contribution in [0.3, 0.4) is 0 Å². The molecule has 0 atom stereocenters. The second-order valence-electron chi connectivity index (χ2n) is 4.90. The van der Waals surface area contributed by atoms with Crippen LogP contribution >= 0.6 is 38.9 Å². The lowest BCUT2D eigenvalue weighted by atomic mass is 10.0. The highest BCUT2D eigenvalue weighted by molar-refractivity contribution is 9.10. The summed E-state index contributed by atoms with van der Waals surface area (Å²) in [5.41, 5.74) is 2.45. The number of fused-ring (bicyclic) bond motifs is 3. The van der Waals surface area contributed by atoms with E-state index in [0.29, 0.717) is 0 Å². The first-order valence-electron chi connectivity index (χ1n) is 6.60. The molecule has 0 saturated carbocycles. The Morgan fingerprint density at radius 2 is 1.62 bits per heavy atom.